The van der Waals surface area contributed by atoms with Gasteiger partial charge in [0.1, 0.15) is 11.9 Å². The summed E-state index contributed by atoms with van der Waals surface area (Å²) >= 11 is 0. The van der Waals surface area contributed by atoms with Gasteiger partial charge in [-0.15, -0.1) is 34.2 Å². The molecule has 0 radical (unpaired) electrons. The van der Waals surface area contributed by atoms with Crippen LogP contribution < -0.4 is 15.4 Å². The lowest BCUT2D eigenvalue weighted by Gasteiger charge is -2.18. The van der Waals surface area contributed by atoms with Crippen LogP contribution in [0.1, 0.15) is 24.1 Å². The summed E-state index contributed by atoms with van der Waals surface area (Å²) in [5.41, 5.74) is 1.10. The highest BCUT2D eigenvalue weighted by Gasteiger charge is 2.10. The Balaban J connectivity index is 0.00000341. The van der Waals surface area contributed by atoms with Crippen molar-refractivity contribution >= 4 is 29.9 Å². The monoisotopic (exact) mass is 538 g/mol. The third-order valence-electron chi connectivity index (χ3n) is 4.58. The van der Waals surface area contributed by atoms with Gasteiger partial charge in [0.25, 0.3) is 0 Å². The van der Waals surface area contributed by atoms with Crippen LogP contribution in [0.15, 0.2) is 59.6 Å². The summed E-state index contributed by atoms with van der Waals surface area (Å²) in [6.07, 6.45) is -0.261. The molecular formula is C22H28FIN6O. The van der Waals surface area contributed by atoms with E-state index in [4.69, 9.17) is 4.74 Å². The number of hydrogen-bond donors (Lipinski definition) is 2. The van der Waals surface area contributed by atoms with Gasteiger partial charge in [0, 0.05) is 7.05 Å². The van der Waals surface area contributed by atoms with Gasteiger partial charge in [-0.3, -0.25) is 0 Å². The van der Waals surface area contributed by atoms with Crippen LogP contribution in [-0.2, 0) is 20.1 Å². The number of nitrogens with one attached hydrogen (secondary N) is 2. The molecule has 1 atom stereocenters. The molecule has 0 fully saturated rings. The Hall–Kier alpha value is -2.69. The second-order valence-electron chi connectivity index (χ2n) is 6.97. The third-order valence-corrected chi connectivity index (χ3v) is 4.58. The number of aromatic nitrogens is 3. The average Bonchev–Trinajstić information content (AvgIpc) is 3.07. The van der Waals surface area contributed by atoms with E-state index in [1.165, 1.54) is 6.07 Å². The van der Waals surface area contributed by atoms with Gasteiger partial charge >= 0.3 is 0 Å². The fraction of sp³-hybridized carbons (Fsp3) is 0.318. The lowest BCUT2D eigenvalue weighted by molar-refractivity contribution is 0.214. The molecule has 0 aliphatic rings. The first-order valence-electron chi connectivity index (χ1n) is 9.85. The minimum Gasteiger partial charge on any atom is -0.486 e. The highest BCUT2D eigenvalue weighted by Crippen LogP contribution is 2.16. The maximum absolute atomic E-state index is 13.8. The Bertz CT molecular complexity index is 979. The number of ether oxygens (including phenoxy) is 1. The highest BCUT2D eigenvalue weighted by molar-refractivity contribution is 14.0. The van der Waals surface area contributed by atoms with E-state index in [1.807, 2.05) is 55.8 Å². The predicted octanol–water partition coefficient (Wildman–Crippen LogP) is 3.58. The molecule has 3 aromatic rings. The number of aryl methyl sites for hydroxylation is 1. The average molecular weight is 538 g/mol. The molecule has 1 aromatic heterocycles. The quantitative estimate of drug-likeness (QED) is 0.261. The number of benzene rings is 2. The molecule has 1 heterocycles. The second-order valence-corrected chi connectivity index (χ2v) is 6.97. The largest absolute Gasteiger partial charge is 0.486 e. The molecule has 0 amide bonds. The molecule has 1 unspecified atom stereocenters. The Kier molecular flexibility index (Phi) is 9.70. The van der Waals surface area contributed by atoms with Crippen LogP contribution in [0, 0.1) is 12.7 Å². The van der Waals surface area contributed by atoms with Crippen molar-refractivity contribution in [3.63, 3.8) is 0 Å². The molecule has 0 saturated carbocycles. The lowest BCUT2D eigenvalue weighted by Crippen LogP contribution is -2.42. The first-order chi connectivity index (χ1) is 14.5. The van der Waals surface area contributed by atoms with E-state index in [1.54, 1.807) is 18.2 Å². The van der Waals surface area contributed by atoms with Crippen molar-refractivity contribution in [3.8, 4) is 5.75 Å². The van der Waals surface area contributed by atoms with Crippen molar-refractivity contribution in [2.24, 2.45) is 12.0 Å². The zero-order chi connectivity index (χ0) is 21.3. The molecule has 9 heteroatoms. The summed E-state index contributed by atoms with van der Waals surface area (Å²) in [5.74, 6) is 2.12. The maximum atomic E-state index is 13.8. The van der Waals surface area contributed by atoms with Gasteiger partial charge in [-0.05, 0) is 31.5 Å². The topological polar surface area (TPSA) is 76.4 Å². The van der Waals surface area contributed by atoms with Crippen molar-refractivity contribution in [3.05, 3.63) is 77.6 Å². The number of nitrogens with zero attached hydrogens (tertiary/aromatic N) is 4. The van der Waals surface area contributed by atoms with Crippen molar-refractivity contribution in [2.75, 3.05) is 6.54 Å². The first kappa shape index (κ1) is 24.6. The van der Waals surface area contributed by atoms with Crippen LogP contribution in [0.5, 0.6) is 5.75 Å². The molecule has 3 rings (SSSR count). The van der Waals surface area contributed by atoms with Gasteiger partial charge in [0.2, 0.25) is 0 Å². The number of halogens is 2. The minimum atomic E-state index is -0.377. The molecule has 31 heavy (non-hydrogen) atoms. The maximum Gasteiger partial charge on any atom is 0.192 e. The Morgan fingerprint density at radius 1 is 1.10 bits per heavy atom. The van der Waals surface area contributed by atoms with Crippen LogP contribution in [0.4, 0.5) is 4.39 Å². The minimum absolute atomic E-state index is 0. The molecular weight excluding hydrogens is 510 g/mol. The van der Waals surface area contributed by atoms with Gasteiger partial charge in [-0.25, -0.2) is 9.38 Å². The summed E-state index contributed by atoms with van der Waals surface area (Å²) in [6, 6.07) is 16.4. The number of para-hydroxylation sites is 1. The van der Waals surface area contributed by atoms with Crippen molar-refractivity contribution in [1.29, 1.82) is 0 Å². The molecule has 0 aliphatic carbocycles. The van der Waals surface area contributed by atoms with E-state index in [0.717, 1.165) is 17.2 Å². The SMILES string of the molecule is Cc1nnc(CNC(=NCc2ccccc2)NCC(C)Oc2ccccc2F)n1C.I. The summed E-state index contributed by atoms with van der Waals surface area (Å²) in [5, 5.41) is 14.8. The van der Waals surface area contributed by atoms with E-state index >= 15 is 0 Å². The molecule has 0 bridgehead atoms. The summed E-state index contributed by atoms with van der Waals surface area (Å²) in [6.45, 7) is 5.23. The van der Waals surface area contributed by atoms with E-state index in [0.29, 0.717) is 25.6 Å². The zero-order valence-corrected chi connectivity index (χ0v) is 20.2. The third kappa shape index (κ3) is 7.50. The number of aliphatic imine (C=N–C) groups is 1. The van der Waals surface area contributed by atoms with Gasteiger partial charge < -0.3 is 19.9 Å². The fourth-order valence-corrected chi connectivity index (χ4v) is 2.73. The number of rotatable bonds is 8. The van der Waals surface area contributed by atoms with E-state index < -0.39 is 0 Å². The molecule has 0 saturated heterocycles. The van der Waals surface area contributed by atoms with E-state index in [-0.39, 0.29) is 41.6 Å². The number of hydrogen-bond acceptors (Lipinski definition) is 4. The van der Waals surface area contributed by atoms with Crippen LogP contribution in [0.25, 0.3) is 0 Å². The summed E-state index contributed by atoms with van der Waals surface area (Å²) in [4.78, 5) is 4.65. The van der Waals surface area contributed by atoms with Crippen LogP contribution >= 0.6 is 24.0 Å². The van der Waals surface area contributed by atoms with Crippen LogP contribution in [0.3, 0.4) is 0 Å². The van der Waals surface area contributed by atoms with Gasteiger partial charge in [0.05, 0.1) is 19.6 Å². The normalized spacial score (nSPS) is 12.1. The molecule has 2 aromatic carbocycles. The molecule has 166 valence electrons. The smallest absolute Gasteiger partial charge is 0.192 e. The molecule has 0 aliphatic heterocycles. The molecule has 7 nitrogen and oxygen atoms in total. The Morgan fingerprint density at radius 2 is 1.81 bits per heavy atom. The summed E-state index contributed by atoms with van der Waals surface area (Å²) < 4.78 is 21.4. The van der Waals surface area contributed by atoms with Gasteiger partial charge in [-0.1, -0.05) is 42.5 Å². The van der Waals surface area contributed by atoms with Gasteiger partial charge in [0.15, 0.2) is 23.4 Å². The summed E-state index contributed by atoms with van der Waals surface area (Å²) in [7, 11) is 1.92. The zero-order valence-electron chi connectivity index (χ0n) is 17.9. The molecule has 2 N–H and O–H groups in total. The Morgan fingerprint density at radius 3 is 2.48 bits per heavy atom. The van der Waals surface area contributed by atoms with Crippen molar-refractivity contribution in [2.45, 2.75) is 33.0 Å². The first-order valence-corrected chi connectivity index (χ1v) is 9.85. The Labute approximate surface area is 199 Å². The van der Waals surface area contributed by atoms with E-state index in [9.17, 15) is 4.39 Å². The number of guanidine groups is 1. The van der Waals surface area contributed by atoms with E-state index in [2.05, 4.69) is 25.8 Å². The highest BCUT2D eigenvalue weighted by atomic mass is 127. The predicted molar refractivity (Wildman–Crippen MR) is 130 cm³/mol. The molecule has 0 spiro atoms. The standard InChI is InChI=1S/C22H27FN6O.HI/c1-16(30-20-12-8-7-11-19(20)23)13-24-22(25-14-18-9-5-4-6-10-18)26-15-21-28-27-17(2)29(21)3;/h4-12,16H,13-15H2,1-3H3,(H2,24,25,26);1H. The second kappa shape index (κ2) is 12.2. The lowest BCUT2D eigenvalue weighted by atomic mass is 10.2. The van der Waals surface area contributed by atoms with Crippen LogP contribution in [0.2, 0.25) is 0 Å². The van der Waals surface area contributed by atoms with Crippen LogP contribution in [-0.4, -0.2) is 33.4 Å². The van der Waals surface area contributed by atoms with Crippen molar-refractivity contribution < 1.29 is 9.13 Å². The van der Waals surface area contributed by atoms with Crippen molar-refractivity contribution in [1.82, 2.24) is 25.4 Å². The fourth-order valence-electron chi connectivity index (χ4n) is 2.73. The van der Waals surface area contributed by atoms with Gasteiger partial charge in [-0.2, -0.15) is 0 Å².